The van der Waals surface area contributed by atoms with Crippen LogP contribution in [-0.4, -0.2) is 42.7 Å². The summed E-state index contributed by atoms with van der Waals surface area (Å²) in [5, 5.41) is 17.9. The quantitative estimate of drug-likeness (QED) is 0.319. The summed E-state index contributed by atoms with van der Waals surface area (Å²) in [5.74, 6) is 0.628. The molecule has 2 aromatic heterocycles. The van der Waals surface area contributed by atoms with E-state index in [1.54, 1.807) is 18.3 Å². The summed E-state index contributed by atoms with van der Waals surface area (Å²) in [5.41, 5.74) is 7.33. The van der Waals surface area contributed by atoms with Gasteiger partial charge in [0.15, 0.2) is 5.65 Å². The molecule has 2 aliphatic rings. The molecule has 0 aliphatic heterocycles. The molecule has 1 unspecified atom stereocenters. The Morgan fingerprint density at radius 1 is 1.06 bits per heavy atom. The number of carbonyl (C=O) groups excluding carboxylic acids is 1. The molecule has 2 heterocycles. The Kier molecular flexibility index (Phi) is 7.44. The molecule has 1 aromatic carbocycles. The number of rotatable bonds is 6. The molecular weight excluding hydrogens is 525 g/mol. The lowest BCUT2D eigenvalue weighted by atomic mass is 9.85. The fourth-order valence-corrected chi connectivity index (χ4v) is 6.18. The molecule has 2 saturated carbocycles. The zero-order valence-electron chi connectivity index (χ0n) is 19.6. The van der Waals surface area contributed by atoms with E-state index in [1.807, 2.05) is 4.57 Å². The lowest BCUT2D eigenvalue weighted by Gasteiger charge is -2.29. The van der Waals surface area contributed by atoms with Crippen molar-refractivity contribution in [3.05, 3.63) is 33.4 Å². The van der Waals surface area contributed by atoms with Gasteiger partial charge in [-0.1, -0.05) is 34.8 Å². The van der Waals surface area contributed by atoms with Crippen molar-refractivity contribution in [3.63, 3.8) is 0 Å². The van der Waals surface area contributed by atoms with Crippen LogP contribution in [0.2, 0.25) is 15.1 Å². The minimum Gasteiger partial charge on any atom is -0.393 e. The zero-order chi connectivity index (χ0) is 25.4. The van der Waals surface area contributed by atoms with E-state index in [4.69, 9.17) is 50.5 Å². The van der Waals surface area contributed by atoms with Gasteiger partial charge in [-0.05, 0) is 63.5 Å². The first-order valence-electron chi connectivity index (χ1n) is 12.2. The Morgan fingerprint density at radius 2 is 1.78 bits per heavy atom. The smallest absolute Gasteiger partial charge is 0.224 e. The number of fused-ring (bicyclic) bond motifs is 1. The lowest BCUT2D eigenvalue weighted by molar-refractivity contribution is -0.122. The number of imidazole rings is 1. The molecule has 0 bridgehead atoms. The van der Waals surface area contributed by atoms with E-state index in [0.717, 1.165) is 32.1 Å². The molecule has 1 amide bonds. The Balaban J connectivity index is 1.51. The van der Waals surface area contributed by atoms with E-state index < -0.39 is 0 Å². The van der Waals surface area contributed by atoms with Gasteiger partial charge in [0, 0.05) is 23.0 Å². The minimum atomic E-state index is -0.310. The van der Waals surface area contributed by atoms with Crippen molar-refractivity contribution in [3.8, 4) is 0 Å². The second-order valence-corrected chi connectivity index (χ2v) is 10.9. The fourth-order valence-electron chi connectivity index (χ4n) is 5.26. The summed E-state index contributed by atoms with van der Waals surface area (Å²) in [7, 11) is 0. The van der Waals surface area contributed by atoms with Gasteiger partial charge in [-0.2, -0.15) is 4.98 Å². The van der Waals surface area contributed by atoms with Crippen molar-refractivity contribution < 1.29 is 9.90 Å². The second-order valence-electron chi connectivity index (χ2n) is 9.65. The number of amides is 1. The number of carbonyl (C=O) groups is 1. The number of hydrogen-bond donors (Lipinski definition) is 4. The number of nitrogens with two attached hydrogens (primary N) is 1. The van der Waals surface area contributed by atoms with E-state index in [1.165, 1.54) is 0 Å². The van der Waals surface area contributed by atoms with Crippen LogP contribution >= 0.6 is 34.8 Å². The molecule has 0 radical (unpaired) electrons. The van der Waals surface area contributed by atoms with Crippen molar-refractivity contribution >= 4 is 69.5 Å². The molecule has 0 saturated heterocycles. The molecule has 2 fully saturated rings. The van der Waals surface area contributed by atoms with Crippen molar-refractivity contribution in [1.82, 2.24) is 19.5 Å². The van der Waals surface area contributed by atoms with Crippen LogP contribution in [0.15, 0.2) is 18.3 Å². The average Bonchev–Trinajstić information content (AvgIpc) is 3.18. The first-order valence-corrected chi connectivity index (χ1v) is 13.3. The van der Waals surface area contributed by atoms with Crippen molar-refractivity contribution in [2.45, 2.75) is 69.6 Å². The minimum absolute atomic E-state index is 0.0391. The molecule has 12 heteroatoms. The predicted octanol–water partition coefficient (Wildman–Crippen LogP) is 5.46. The summed E-state index contributed by atoms with van der Waals surface area (Å²) in [6, 6.07) is 3.38. The van der Waals surface area contributed by atoms with Crippen LogP contribution in [0.5, 0.6) is 0 Å². The Morgan fingerprint density at radius 3 is 2.44 bits per heavy atom. The highest BCUT2D eigenvalue weighted by atomic mass is 35.5. The number of aromatic nitrogens is 4. The third-order valence-electron chi connectivity index (χ3n) is 7.12. The molecule has 5 rings (SSSR count). The van der Waals surface area contributed by atoms with Gasteiger partial charge < -0.3 is 21.5 Å². The molecule has 2 aliphatic carbocycles. The van der Waals surface area contributed by atoms with Gasteiger partial charge in [0.2, 0.25) is 17.8 Å². The van der Waals surface area contributed by atoms with Crippen molar-refractivity contribution in [1.29, 1.82) is 0 Å². The van der Waals surface area contributed by atoms with Crippen molar-refractivity contribution in [2.75, 3.05) is 10.6 Å². The van der Waals surface area contributed by atoms with Crippen LogP contribution in [0.3, 0.4) is 0 Å². The first-order chi connectivity index (χ1) is 17.3. The van der Waals surface area contributed by atoms with Gasteiger partial charge >= 0.3 is 0 Å². The van der Waals surface area contributed by atoms with Crippen LogP contribution in [0.1, 0.15) is 57.4 Å². The van der Waals surface area contributed by atoms with Gasteiger partial charge in [0.1, 0.15) is 5.52 Å². The standard InChI is InChI=1S/C24H28Cl3N7O2/c25-13-8-17(26)20(18(27)9-13)32-24-31-19-11-29-23(30-14-2-1-3-16(35)10-14)33-22(19)34(24)15-6-4-12(5-7-15)21(28)36/h8-9,11-12,14-16,35H,1-7,10H2,(H2,28,36)(H,31,32)(H,29,30,33)/t12?,14?,15?,16-/m1/s1. The first kappa shape index (κ1) is 25.3. The number of anilines is 3. The van der Waals surface area contributed by atoms with Crippen LogP contribution < -0.4 is 16.4 Å². The van der Waals surface area contributed by atoms with E-state index >= 15 is 0 Å². The maximum atomic E-state index is 11.7. The highest BCUT2D eigenvalue weighted by molar-refractivity contribution is 6.41. The van der Waals surface area contributed by atoms with Crippen LogP contribution in [0.25, 0.3) is 11.2 Å². The third-order valence-corrected chi connectivity index (χ3v) is 7.93. The van der Waals surface area contributed by atoms with E-state index in [2.05, 4.69) is 15.6 Å². The number of nitrogens with one attached hydrogen (secondary N) is 2. The Hall–Kier alpha value is -2.33. The summed E-state index contributed by atoms with van der Waals surface area (Å²) in [6.07, 6.45) is 7.65. The molecule has 9 nitrogen and oxygen atoms in total. The molecular formula is C24H28Cl3N7O2. The monoisotopic (exact) mass is 551 g/mol. The van der Waals surface area contributed by atoms with E-state index in [-0.39, 0.29) is 30.0 Å². The number of aliphatic hydroxyl groups is 1. The number of benzene rings is 1. The van der Waals surface area contributed by atoms with Gasteiger partial charge in [0.05, 0.1) is 28.0 Å². The fraction of sp³-hybridized carbons (Fsp3) is 0.500. The largest absolute Gasteiger partial charge is 0.393 e. The normalized spacial score (nSPS) is 24.6. The van der Waals surface area contributed by atoms with Crippen LogP contribution in [0.4, 0.5) is 17.6 Å². The molecule has 192 valence electrons. The average molecular weight is 553 g/mol. The highest BCUT2D eigenvalue weighted by Gasteiger charge is 2.30. The molecule has 3 aromatic rings. The zero-order valence-corrected chi connectivity index (χ0v) is 21.8. The number of nitrogens with zero attached hydrogens (tertiary/aromatic N) is 4. The van der Waals surface area contributed by atoms with Gasteiger partial charge in [-0.3, -0.25) is 9.36 Å². The third kappa shape index (κ3) is 5.34. The number of halogens is 3. The van der Waals surface area contributed by atoms with Crippen molar-refractivity contribution in [2.24, 2.45) is 11.7 Å². The highest BCUT2D eigenvalue weighted by Crippen LogP contribution is 2.40. The van der Waals surface area contributed by atoms with E-state index in [0.29, 0.717) is 63.1 Å². The number of primary amides is 1. The Labute approximate surface area is 223 Å². The van der Waals surface area contributed by atoms with Gasteiger partial charge in [-0.15, -0.1) is 0 Å². The number of hydrogen-bond acceptors (Lipinski definition) is 7. The molecule has 36 heavy (non-hydrogen) atoms. The molecule has 5 N–H and O–H groups in total. The van der Waals surface area contributed by atoms with Crippen LogP contribution in [0, 0.1) is 5.92 Å². The summed E-state index contributed by atoms with van der Waals surface area (Å²) >= 11 is 19.0. The SMILES string of the molecule is NC(=O)C1CCC(n2c(Nc3c(Cl)cc(Cl)cc3Cl)nc3cnc(NC4CCC[C@@H](O)C4)nc32)CC1. The topological polar surface area (TPSA) is 131 Å². The summed E-state index contributed by atoms with van der Waals surface area (Å²) < 4.78 is 2.04. The lowest BCUT2D eigenvalue weighted by Crippen LogP contribution is -2.30. The number of aliphatic hydroxyl groups excluding tert-OH is 1. The van der Waals surface area contributed by atoms with Gasteiger partial charge in [0.25, 0.3) is 0 Å². The van der Waals surface area contributed by atoms with Gasteiger partial charge in [-0.25, -0.2) is 9.97 Å². The van der Waals surface area contributed by atoms with E-state index in [9.17, 15) is 9.90 Å². The summed E-state index contributed by atoms with van der Waals surface area (Å²) in [4.78, 5) is 25.8. The maximum Gasteiger partial charge on any atom is 0.224 e. The maximum absolute atomic E-state index is 11.7. The summed E-state index contributed by atoms with van der Waals surface area (Å²) in [6.45, 7) is 0. The van der Waals surface area contributed by atoms with Crippen LogP contribution in [-0.2, 0) is 4.79 Å². The molecule has 0 spiro atoms. The second kappa shape index (κ2) is 10.6. The Bertz CT molecular complexity index is 1250. The predicted molar refractivity (Wildman–Crippen MR) is 142 cm³/mol. The molecule has 2 atom stereocenters.